The lowest BCUT2D eigenvalue weighted by Crippen LogP contribution is -2.31. The number of alkyl halides is 3. The number of hydrogen-bond donors (Lipinski definition) is 2. The van der Waals surface area contributed by atoms with Crippen LogP contribution in [0, 0.1) is 11.8 Å². The van der Waals surface area contributed by atoms with Crippen molar-refractivity contribution in [3.8, 4) is 23.0 Å². The molecule has 5 aromatic rings. The highest BCUT2D eigenvalue weighted by molar-refractivity contribution is 7.18. The molecule has 0 radical (unpaired) electrons. The van der Waals surface area contributed by atoms with E-state index < -0.39 is 17.8 Å². The van der Waals surface area contributed by atoms with Gasteiger partial charge in [0.1, 0.15) is 5.82 Å². The van der Waals surface area contributed by atoms with E-state index in [2.05, 4.69) is 21.8 Å². The lowest BCUT2D eigenvalue weighted by Gasteiger charge is -2.22. The number of carbonyl (C=O) groups is 1. The summed E-state index contributed by atoms with van der Waals surface area (Å²) in [6.45, 7) is 0. The molecule has 0 saturated heterocycles. The van der Waals surface area contributed by atoms with Crippen molar-refractivity contribution in [2.24, 2.45) is 5.73 Å². The summed E-state index contributed by atoms with van der Waals surface area (Å²) in [5.74, 6) is 6.58. The molecular weight excluding hydrogens is 511 g/mol. The van der Waals surface area contributed by atoms with Gasteiger partial charge in [-0.15, -0.1) is 11.3 Å². The molecule has 4 N–H and O–H groups in total. The molecule has 38 heavy (non-hydrogen) atoms. The third kappa shape index (κ3) is 4.87. The molecule has 3 aromatic heterocycles. The molecule has 2 aromatic carbocycles. The summed E-state index contributed by atoms with van der Waals surface area (Å²) in [5.41, 5.74) is 14.4. The van der Waals surface area contributed by atoms with Gasteiger partial charge in [-0.05, 0) is 53.4 Å². The van der Waals surface area contributed by atoms with E-state index in [4.69, 9.17) is 11.5 Å². The number of urea groups is 1. The van der Waals surface area contributed by atoms with E-state index in [1.165, 1.54) is 23.5 Å². The summed E-state index contributed by atoms with van der Waals surface area (Å²) < 4.78 is 40.5. The number of fused-ring (bicyclic) bond motifs is 1. The van der Waals surface area contributed by atoms with E-state index in [1.54, 1.807) is 42.9 Å². The summed E-state index contributed by atoms with van der Waals surface area (Å²) in [4.78, 5) is 21.6. The Balaban J connectivity index is 1.51. The lowest BCUT2D eigenvalue weighted by molar-refractivity contribution is -0.137. The minimum Gasteiger partial charge on any atom is -0.383 e. The lowest BCUT2D eigenvalue weighted by atomic mass is 10.0. The Kier molecular flexibility index (Phi) is 6.45. The summed E-state index contributed by atoms with van der Waals surface area (Å²) in [7, 11) is 0. The second kappa shape index (κ2) is 9.88. The van der Waals surface area contributed by atoms with E-state index in [-0.39, 0.29) is 5.69 Å². The van der Waals surface area contributed by atoms with Crippen LogP contribution in [0.1, 0.15) is 16.7 Å². The zero-order chi connectivity index (χ0) is 26.9. The van der Waals surface area contributed by atoms with Gasteiger partial charge < -0.3 is 11.5 Å². The van der Waals surface area contributed by atoms with Crippen molar-refractivity contribution in [3.05, 3.63) is 101 Å². The largest absolute Gasteiger partial charge is 0.416 e. The number of hydrogen-bond acceptors (Lipinski definition) is 5. The van der Waals surface area contributed by atoms with Crippen LogP contribution in [-0.2, 0) is 6.18 Å². The second-order valence-corrected chi connectivity index (χ2v) is 9.04. The molecule has 188 valence electrons. The molecule has 0 aliphatic heterocycles. The molecule has 0 spiro atoms. The van der Waals surface area contributed by atoms with Gasteiger partial charge in [0, 0.05) is 35.1 Å². The number of halogens is 3. The van der Waals surface area contributed by atoms with Gasteiger partial charge in [-0.2, -0.15) is 13.2 Å². The maximum absolute atomic E-state index is 13.2. The Bertz CT molecular complexity index is 1700. The van der Waals surface area contributed by atoms with Crippen LogP contribution in [0.15, 0.2) is 84.6 Å². The predicted octanol–water partition coefficient (Wildman–Crippen LogP) is 6.58. The Hall–Kier alpha value is -4.88. The second-order valence-electron chi connectivity index (χ2n) is 8.17. The monoisotopic (exact) mass is 529 g/mol. The van der Waals surface area contributed by atoms with E-state index in [0.717, 1.165) is 49.4 Å². The predicted molar refractivity (Wildman–Crippen MR) is 143 cm³/mol. The number of benzene rings is 2. The number of nitrogen functional groups attached to an aromatic ring is 1. The highest BCUT2D eigenvalue weighted by Crippen LogP contribution is 2.39. The van der Waals surface area contributed by atoms with E-state index in [9.17, 15) is 18.0 Å². The van der Waals surface area contributed by atoms with Crippen LogP contribution >= 0.6 is 11.3 Å². The molecule has 0 saturated carbocycles. The van der Waals surface area contributed by atoms with Gasteiger partial charge >= 0.3 is 12.2 Å². The number of carbonyl (C=O) groups excluding carboxylic acids is 1. The number of anilines is 3. The number of rotatable bonds is 3. The number of thiophene rings is 1. The number of aromatic nitrogens is 2. The van der Waals surface area contributed by atoms with Gasteiger partial charge in [-0.1, -0.05) is 30.0 Å². The van der Waals surface area contributed by atoms with Gasteiger partial charge in [0.15, 0.2) is 0 Å². The zero-order valence-corrected chi connectivity index (χ0v) is 20.3. The first-order valence-corrected chi connectivity index (χ1v) is 12.1. The average Bonchev–Trinajstić information content (AvgIpc) is 3.35. The minimum atomic E-state index is -4.56. The van der Waals surface area contributed by atoms with Crippen LogP contribution in [-0.4, -0.2) is 16.0 Å². The summed E-state index contributed by atoms with van der Waals surface area (Å²) >= 11 is 1.47. The molecule has 0 bridgehead atoms. The standard InChI is InChI=1S/C28H18F3N5OS/c29-28(30,31)20-2-1-3-22(14-20)36(27(33)37)21-8-6-18(7-9-21)23-16-38-25-19(15-35-26(32)24(23)25)5-4-17-10-12-34-13-11-17/h1-3,6-16H,(H2,32,35)(H2,33,37). The zero-order valence-electron chi connectivity index (χ0n) is 19.5. The van der Waals surface area contributed by atoms with Crippen molar-refractivity contribution in [3.63, 3.8) is 0 Å². The fourth-order valence-electron chi connectivity index (χ4n) is 3.96. The van der Waals surface area contributed by atoms with Crippen molar-refractivity contribution < 1.29 is 18.0 Å². The molecule has 0 atom stereocenters. The molecule has 10 heteroatoms. The SMILES string of the molecule is NC(=O)N(c1ccc(-c2csc3c(C#Cc4ccncc4)cnc(N)c23)cc1)c1cccc(C(F)(F)F)c1. The molecule has 5 rings (SSSR count). The van der Waals surface area contributed by atoms with Gasteiger partial charge in [0.25, 0.3) is 0 Å². The third-order valence-electron chi connectivity index (χ3n) is 5.73. The van der Waals surface area contributed by atoms with Crippen LogP contribution in [0.25, 0.3) is 21.2 Å². The number of nitrogens with zero attached hydrogens (tertiary/aromatic N) is 3. The number of pyridine rings is 2. The highest BCUT2D eigenvalue weighted by atomic mass is 32.1. The van der Waals surface area contributed by atoms with Crippen LogP contribution < -0.4 is 16.4 Å². The average molecular weight is 530 g/mol. The summed E-state index contributed by atoms with van der Waals surface area (Å²) in [6.07, 6.45) is 0.411. The van der Waals surface area contributed by atoms with Gasteiger partial charge in [-0.25, -0.2) is 9.78 Å². The fraction of sp³-hybridized carbons (Fsp3) is 0.0357. The molecule has 3 heterocycles. The topological polar surface area (TPSA) is 98.1 Å². The van der Waals surface area contributed by atoms with E-state index in [1.807, 2.05) is 17.5 Å². The van der Waals surface area contributed by atoms with Crippen molar-refractivity contribution in [1.82, 2.24) is 9.97 Å². The first kappa shape index (κ1) is 24.8. The van der Waals surface area contributed by atoms with Crippen molar-refractivity contribution in [1.29, 1.82) is 0 Å². The van der Waals surface area contributed by atoms with Crippen molar-refractivity contribution in [2.45, 2.75) is 6.18 Å². The number of amides is 2. The Morgan fingerprint density at radius 1 is 0.974 bits per heavy atom. The van der Waals surface area contributed by atoms with Gasteiger partial charge in [0.2, 0.25) is 0 Å². The Labute approximate surface area is 219 Å². The fourth-order valence-corrected chi connectivity index (χ4v) is 5.01. The van der Waals surface area contributed by atoms with Crippen LogP contribution in [0.5, 0.6) is 0 Å². The molecule has 0 aliphatic rings. The molecular formula is C28H18F3N5OS. The molecule has 6 nitrogen and oxygen atoms in total. The Morgan fingerprint density at radius 3 is 2.39 bits per heavy atom. The van der Waals surface area contributed by atoms with Crippen LogP contribution in [0.4, 0.5) is 35.2 Å². The maximum atomic E-state index is 13.2. The van der Waals surface area contributed by atoms with Gasteiger partial charge in [0.05, 0.1) is 27.2 Å². The molecule has 0 fully saturated rings. The number of nitrogens with two attached hydrogens (primary N) is 2. The molecule has 0 aliphatic carbocycles. The maximum Gasteiger partial charge on any atom is 0.416 e. The Morgan fingerprint density at radius 2 is 1.71 bits per heavy atom. The van der Waals surface area contributed by atoms with Crippen molar-refractivity contribution >= 4 is 44.6 Å². The first-order valence-electron chi connectivity index (χ1n) is 11.2. The van der Waals surface area contributed by atoms with Crippen LogP contribution in [0.3, 0.4) is 0 Å². The quantitative estimate of drug-likeness (QED) is 0.258. The van der Waals surface area contributed by atoms with E-state index in [0.29, 0.717) is 11.5 Å². The third-order valence-corrected chi connectivity index (χ3v) is 6.75. The normalized spacial score (nSPS) is 11.1. The number of primary amides is 1. The smallest absolute Gasteiger partial charge is 0.383 e. The summed E-state index contributed by atoms with van der Waals surface area (Å²) in [5, 5.41) is 2.68. The highest BCUT2D eigenvalue weighted by Gasteiger charge is 2.31. The van der Waals surface area contributed by atoms with Gasteiger partial charge in [-0.3, -0.25) is 9.88 Å². The van der Waals surface area contributed by atoms with E-state index >= 15 is 0 Å². The summed E-state index contributed by atoms with van der Waals surface area (Å²) in [6, 6.07) is 13.9. The van der Waals surface area contributed by atoms with Crippen molar-refractivity contribution in [2.75, 3.05) is 10.6 Å². The molecule has 0 unspecified atom stereocenters. The minimum absolute atomic E-state index is 0.00640. The first-order chi connectivity index (χ1) is 18.2. The van der Waals surface area contributed by atoms with Crippen LogP contribution in [0.2, 0.25) is 0 Å². The molecule has 2 amide bonds.